The fraction of sp³-hybridized carbons (Fsp3) is 0.560. The number of allylic oxidation sites excluding steroid dienone is 2. The van der Waals surface area contributed by atoms with Crippen LogP contribution < -0.4 is 10.6 Å². The average Bonchev–Trinajstić information content (AvgIpc) is 2.77. The summed E-state index contributed by atoms with van der Waals surface area (Å²) in [4.78, 5) is 37.7. The van der Waals surface area contributed by atoms with Gasteiger partial charge in [0.1, 0.15) is 6.61 Å². The van der Waals surface area contributed by atoms with E-state index in [0.717, 1.165) is 24.8 Å². The second-order valence-corrected chi connectivity index (χ2v) is 8.62. The van der Waals surface area contributed by atoms with Gasteiger partial charge in [0, 0.05) is 12.5 Å². The van der Waals surface area contributed by atoms with Crippen LogP contribution in [0.25, 0.3) is 0 Å². The van der Waals surface area contributed by atoms with Gasteiger partial charge in [0.15, 0.2) is 0 Å². The largest absolute Gasteiger partial charge is 0.463 e. The Hall–Kier alpha value is -2.67. The minimum atomic E-state index is -0.524. The van der Waals surface area contributed by atoms with Gasteiger partial charge in [-0.3, -0.25) is 14.4 Å². The molecule has 1 aliphatic heterocycles. The number of cyclic esters (lactones) is 1. The van der Waals surface area contributed by atoms with Gasteiger partial charge in [-0.15, -0.1) is 0 Å². The molecule has 2 amide bonds. The van der Waals surface area contributed by atoms with Crippen molar-refractivity contribution >= 4 is 17.8 Å². The minimum Gasteiger partial charge on any atom is -0.463 e. The number of hydrogen-bond donors (Lipinski definition) is 3. The molecule has 1 aromatic rings. The molecule has 1 aromatic carbocycles. The zero-order valence-electron chi connectivity index (χ0n) is 19.1. The maximum absolute atomic E-state index is 12.8. The number of amides is 2. The molecule has 0 unspecified atom stereocenters. The second kappa shape index (κ2) is 13.7. The highest BCUT2D eigenvalue weighted by Crippen LogP contribution is 2.19. The summed E-state index contributed by atoms with van der Waals surface area (Å²) in [6, 6.07) is 9.18. The fourth-order valence-corrected chi connectivity index (χ4v) is 3.68. The molecular formula is C25H36N2O5. The SMILES string of the molecule is C[C@H](CO)NC(=O)C[C@H]1CC=CCCC[C@H](Cc2ccccc2)C(=O)OC[C@H](C)NC1=O. The van der Waals surface area contributed by atoms with Gasteiger partial charge >= 0.3 is 5.97 Å². The number of carbonyl (C=O) groups excluding carboxylic acids is 3. The normalized spacial score (nSPS) is 24.0. The van der Waals surface area contributed by atoms with Crippen molar-refractivity contribution in [1.82, 2.24) is 10.6 Å². The zero-order valence-corrected chi connectivity index (χ0v) is 19.1. The van der Waals surface area contributed by atoms with Gasteiger partial charge in [0.2, 0.25) is 11.8 Å². The van der Waals surface area contributed by atoms with Crippen molar-refractivity contribution < 1.29 is 24.2 Å². The third-order valence-electron chi connectivity index (χ3n) is 5.52. The number of aliphatic hydroxyl groups is 1. The maximum Gasteiger partial charge on any atom is 0.309 e. The Labute approximate surface area is 190 Å². The quantitative estimate of drug-likeness (QED) is 0.462. The number of benzene rings is 1. The molecule has 0 spiro atoms. The Bertz CT molecular complexity index is 765. The lowest BCUT2D eigenvalue weighted by Gasteiger charge is -2.22. The van der Waals surface area contributed by atoms with E-state index >= 15 is 0 Å². The first-order chi connectivity index (χ1) is 15.4. The third-order valence-corrected chi connectivity index (χ3v) is 5.52. The lowest BCUT2D eigenvalue weighted by atomic mass is 9.93. The Balaban J connectivity index is 2.02. The van der Waals surface area contributed by atoms with Gasteiger partial charge in [-0.2, -0.15) is 0 Å². The molecule has 0 fully saturated rings. The van der Waals surface area contributed by atoms with E-state index in [1.165, 1.54) is 0 Å². The summed E-state index contributed by atoms with van der Waals surface area (Å²) in [6.45, 7) is 3.42. The zero-order chi connectivity index (χ0) is 23.3. The predicted octanol–water partition coefficient (Wildman–Crippen LogP) is 2.53. The molecule has 7 nitrogen and oxygen atoms in total. The van der Waals surface area contributed by atoms with Crippen molar-refractivity contribution in [3.63, 3.8) is 0 Å². The van der Waals surface area contributed by atoms with Crippen LogP contribution in [-0.4, -0.2) is 48.2 Å². The number of nitrogens with one attached hydrogen (secondary N) is 2. The van der Waals surface area contributed by atoms with Crippen LogP contribution >= 0.6 is 0 Å². The summed E-state index contributed by atoms with van der Waals surface area (Å²) in [5.41, 5.74) is 1.10. The number of carbonyl (C=O) groups is 3. The third kappa shape index (κ3) is 9.22. The molecule has 0 saturated carbocycles. The maximum atomic E-state index is 12.8. The van der Waals surface area contributed by atoms with E-state index in [1.54, 1.807) is 13.8 Å². The van der Waals surface area contributed by atoms with Crippen LogP contribution in [0.1, 0.15) is 51.5 Å². The molecule has 3 N–H and O–H groups in total. The molecule has 4 atom stereocenters. The topological polar surface area (TPSA) is 105 Å². The molecule has 7 heteroatoms. The highest BCUT2D eigenvalue weighted by Gasteiger charge is 2.25. The van der Waals surface area contributed by atoms with Gasteiger partial charge < -0.3 is 20.5 Å². The summed E-state index contributed by atoms with van der Waals surface area (Å²) in [5.74, 6) is -1.51. The summed E-state index contributed by atoms with van der Waals surface area (Å²) >= 11 is 0. The Kier molecular flexibility index (Phi) is 10.9. The van der Waals surface area contributed by atoms with Gasteiger partial charge in [-0.25, -0.2) is 0 Å². The lowest BCUT2D eigenvalue weighted by Crippen LogP contribution is -2.43. The minimum absolute atomic E-state index is 0.0339. The van der Waals surface area contributed by atoms with Crippen molar-refractivity contribution in [2.24, 2.45) is 11.8 Å². The van der Waals surface area contributed by atoms with Crippen LogP contribution in [0.15, 0.2) is 42.5 Å². The van der Waals surface area contributed by atoms with Crippen LogP contribution in [0.4, 0.5) is 0 Å². The van der Waals surface area contributed by atoms with Crippen LogP contribution in [0, 0.1) is 11.8 Å². The van der Waals surface area contributed by atoms with Crippen LogP contribution in [-0.2, 0) is 25.5 Å². The van der Waals surface area contributed by atoms with Crippen molar-refractivity contribution in [3.05, 3.63) is 48.0 Å². The Morgan fingerprint density at radius 2 is 1.97 bits per heavy atom. The summed E-state index contributed by atoms with van der Waals surface area (Å²) in [5, 5.41) is 14.7. The standard InChI is InChI=1S/C25H36N2O5/c1-18(16-28)26-23(29)15-21-12-8-3-4-9-13-22(14-20-10-6-5-7-11-20)25(31)32-17-19(2)27-24(21)30/h3,5-8,10-11,18-19,21-22,28H,4,9,12-17H2,1-2H3,(H,26,29)(H,27,30)/t18-,19+,21-,22-/m1/s1. The van der Waals surface area contributed by atoms with E-state index in [-0.39, 0.29) is 55.4 Å². The van der Waals surface area contributed by atoms with Gasteiger partial charge in [-0.1, -0.05) is 42.5 Å². The number of ether oxygens (including phenoxy) is 1. The van der Waals surface area contributed by atoms with E-state index in [4.69, 9.17) is 9.84 Å². The monoisotopic (exact) mass is 444 g/mol. The first kappa shape index (κ1) is 25.6. The van der Waals surface area contributed by atoms with Gasteiger partial charge in [0.05, 0.1) is 24.5 Å². The molecule has 0 aromatic heterocycles. The van der Waals surface area contributed by atoms with Crippen LogP contribution in [0.3, 0.4) is 0 Å². The number of aliphatic hydroxyl groups excluding tert-OH is 1. The highest BCUT2D eigenvalue weighted by molar-refractivity contribution is 5.86. The number of esters is 1. The molecule has 0 aliphatic carbocycles. The molecule has 0 radical (unpaired) electrons. The van der Waals surface area contributed by atoms with E-state index in [9.17, 15) is 14.4 Å². The molecule has 32 heavy (non-hydrogen) atoms. The van der Waals surface area contributed by atoms with Crippen molar-refractivity contribution in [1.29, 1.82) is 0 Å². The van der Waals surface area contributed by atoms with E-state index in [0.29, 0.717) is 12.8 Å². The van der Waals surface area contributed by atoms with E-state index in [2.05, 4.69) is 10.6 Å². The first-order valence-corrected chi connectivity index (χ1v) is 11.4. The molecule has 2 rings (SSSR count). The van der Waals surface area contributed by atoms with Crippen molar-refractivity contribution in [2.75, 3.05) is 13.2 Å². The van der Waals surface area contributed by atoms with E-state index < -0.39 is 5.92 Å². The lowest BCUT2D eigenvalue weighted by molar-refractivity contribution is -0.150. The first-order valence-electron chi connectivity index (χ1n) is 11.4. The molecule has 0 saturated heterocycles. The molecule has 1 heterocycles. The summed E-state index contributed by atoms with van der Waals surface area (Å²) in [6.07, 6.45) is 7.42. The fourth-order valence-electron chi connectivity index (χ4n) is 3.68. The summed E-state index contributed by atoms with van der Waals surface area (Å²) < 4.78 is 5.54. The predicted molar refractivity (Wildman–Crippen MR) is 123 cm³/mol. The Morgan fingerprint density at radius 1 is 1.22 bits per heavy atom. The Morgan fingerprint density at radius 3 is 2.69 bits per heavy atom. The average molecular weight is 445 g/mol. The number of rotatable bonds is 6. The highest BCUT2D eigenvalue weighted by atomic mass is 16.5. The molecule has 176 valence electrons. The van der Waals surface area contributed by atoms with Crippen LogP contribution in [0.2, 0.25) is 0 Å². The molecule has 0 bridgehead atoms. The van der Waals surface area contributed by atoms with Crippen LogP contribution in [0.5, 0.6) is 0 Å². The summed E-state index contributed by atoms with van der Waals surface area (Å²) in [7, 11) is 0. The second-order valence-electron chi connectivity index (χ2n) is 8.62. The van der Waals surface area contributed by atoms with Crippen molar-refractivity contribution in [3.8, 4) is 0 Å². The van der Waals surface area contributed by atoms with Gasteiger partial charge in [0.25, 0.3) is 0 Å². The smallest absolute Gasteiger partial charge is 0.309 e. The van der Waals surface area contributed by atoms with Gasteiger partial charge in [-0.05, 0) is 51.5 Å². The molecular weight excluding hydrogens is 408 g/mol. The molecule has 1 aliphatic rings. The van der Waals surface area contributed by atoms with E-state index in [1.807, 2.05) is 42.5 Å². The number of hydrogen-bond acceptors (Lipinski definition) is 5. The van der Waals surface area contributed by atoms with Crippen molar-refractivity contribution in [2.45, 2.75) is 64.5 Å².